The van der Waals surface area contributed by atoms with Crippen LogP contribution in [0.25, 0.3) is 0 Å². The minimum Gasteiger partial charge on any atom is -0.487 e. The van der Waals surface area contributed by atoms with Crippen LogP contribution in [0.1, 0.15) is 38.5 Å². The molecule has 0 amide bonds. The van der Waals surface area contributed by atoms with E-state index in [2.05, 4.69) is 0 Å². The van der Waals surface area contributed by atoms with Gasteiger partial charge in [-0.1, -0.05) is 43.0 Å². The van der Waals surface area contributed by atoms with Crippen molar-refractivity contribution in [2.75, 3.05) is 0 Å². The van der Waals surface area contributed by atoms with Crippen molar-refractivity contribution in [2.24, 2.45) is 5.73 Å². The van der Waals surface area contributed by atoms with Crippen molar-refractivity contribution in [3.8, 4) is 5.75 Å². The zero-order valence-corrected chi connectivity index (χ0v) is 10.8. The topological polar surface area (TPSA) is 35.2 Å². The number of nitrogens with two attached hydrogens (primary N) is 1. The van der Waals surface area contributed by atoms with Crippen molar-refractivity contribution in [2.45, 2.75) is 50.7 Å². The molecule has 2 nitrogen and oxygen atoms in total. The van der Waals surface area contributed by atoms with Crippen LogP contribution in [0.4, 0.5) is 0 Å². The summed E-state index contributed by atoms with van der Waals surface area (Å²) in [7, 11) is 0. The Balaban J connectivity index is 2.02. The van der Waals surface area contributed by atoms with Gasteiger partial charge in [0.05, 0.1) is 5.02 Å². The number of hydrogen-bond acceptors (Lipinski definition) is 2. The molecule has 0 aliphatic heterocycles. The molecule has 1 aromatic carbocycles. The van der Waals surface area contributed by atoms with Crippen LogP contribution in [0.5, 0.6) is 5.75 Å². The number of hydrogen-bond donors (Lipinski definition) is 1. The molecular formula is C14H20ClNO. The lowest BCUT2D eigenvalue weighted by Crippen LogP contribution is -2.39. The lowest BCUT2D eigenvalue weighted by atomic mass is 9.95. The molecule has 3 heteroatoms. The highest BCUT2D eigenvalue weighted by atomic mass is 35.5. The Morgan fingerprint density at radius 1 is 1.06 bits per heavy atom. The van der Waals surface area contributed by atoms with Gasteiger partial charge in [0.2, 0.25) is 0 Å². The van der Waals surface area contributed by atoms with Gasteiger partial charge in [-0.15, -0.1) is 0 Å². The molecule has 17 heavy (non-hydrogen) atoms. The Kier molecular flexibility index (Phi) is 4.69. The number of benzene rings is 1. The van der Waals surface area contributed by atoms with E-state index in [1.54, 1.807) is 0 Å². The second kappa shape index (κ2) is 6.27. The zero-order chi connectivity index (χ0) is 12.1. The Hall–Kier alpha value is -0.730. The van der Waals surface area contributed by atoms with Crippen molar-refractivity contribution >= 4 is 11.6 Å². The first-order valence-electron chi connectivity index (χ1n) is 6.44. The average molecular weight is 254 g/mol. The fourth-order valence-corrected chi connectivity index (χ4v) is 2.51. The molecule has 0 spiro atoms. The van der Waals surface area contributed by atoms with E-state index in [9.17, 15) is 0 Å². The Morgan fingerprint density at radius 3 is 2.53 bits per heavy atom. The molecule has 1 fully saturated rings. The lowest BCUT2D eigenvalue weighted by Gasteiger charge is -2.27. The number of rotatable bonds is 2. The van der Waals surface area contributed by atoms with E-state index in [0.29, 0.717) is 5.02 Å². The number of halogens is 1. The van der Waals surface area contributed by atoms with Crippen LogP contribution < -0.4 is 10.5 Å². The summed E-state index contributed by atoms with van der Waals surface area (Å²) in [6, 6.07) is 7.74. The summed E-state index contributed by atoms with van der Waals surface area (Å²) in [6.07, 6.45) is 7.19. The third-order valence-electron chi connectivity index (χ3n) is 3.37. The summed E-state index contributed by atoms with van der Waals surface area (Å²) in [4.78, 5) is 0. The van der Waals surface area contributed by atoms with Gasteiger partial charge < -0.3 is 10.5 Å². The van der Waals surface area contributed by atoms with Gasteiger partial charge in [-0.25, -0.2) is 0 Å². The molecule has 1 aromatic rings. The first-order valence-corrected chi connectivity index (χ1v) is 6.82. The maximum absolute atomic E-state index is 6.18. The van der Waals surface area contributed by atoms with Gasteiger partial charge in [0, 0.05) is 6.04 Å². The van der Waals surface area contributed by atoms with Crippen LogP contribution in [0.15, 0.2) is 24.3 Å². The maximum Gasteiger partial charge on any atom is 0.138 e. The third kappa shape index (κ3) is 3.62. The molecule has 1 saturated carbocycles. The molecular weight excluding hydrogens is 234 g/mol. The van der Waals surface area contributed by atoms with Crippen LogP contribution in [-0.4, -0.2) is 12.1 Å². The molecule has 0 radical (unpaired) electrons. The molecule has 2 rings (SSSR count). The molecule has 94 valence electrons. The summed E-state index contributed by atoms with van der Waals surface area (Å²) < 4.78 is 5.98. The molecule has 1 aliphatic rings. The maximum atomic E-state index is 6.18. The highest BCUT2D eigenvalue weighted by Gasteiger charge is 2.21. The van der Waals surface area contributed by atoms with Crippen molar-refractivity contribution in [1.82, 2.24) is 0 Å². The summed E-state index contributed by atoms with van der Waals surface area (Å²) in [5.74, 6) is 0.759. The Bertz CT molecular complexity index is 356. The molecule has 2 atom stereocenters. The van der Waals surface area contributed by atoms with Crippen LogP contribution >= 0.6 is 11.6 Å². The Labute approximate surface area is 108 Å². The van der Waals surface area contributed by atoms with E-state index in [1.165, 1.54) is 25.7 Å². The van der Waals surface area contributed by atoms with E-state index in [4.69, 9.17) is 22.1 Å². The van der Waals surface area contributed by atoms with E-state index in [-0.39, 0.29) is 12.1 Å². The van der Waals surface area contributed by atoms with Crippen LogP contribution in [-0.2, 0) is 0 Å². The summed E-state index contributed by atoms with van der Waals surface area (Å²) >= 11 is 6.10. The van der Waals surface area contributed by atoms with Crippen LogP contribution in [0.3, 0.4) is 0 Å². The fourth-order valence-electron chi connectivity index (χ4n) is 2.33. The van der Waals surface area contributed by atoms with Gasteiger partial charge in [-0.2, -0.15) is 0 Å². The van der Waals surface area contributed by atoms with Crippen molar-refractivity contribution in [1.29, 1.82) is 0 Å². The van der Waals surface area contributed by atoms with Gasteiger partial charge in [0.25, 0.3) is 0 Å². The summed E-state index contributed by atoms with van der Waals surface area (Å²) in [6.45, 7) is 0. The highest BCUT2D eigenvalue weighted by molar-refractivity contribution is 6.32. The first kappa shape index (κ1) is 12.7. The normalized spacial score (nSPS) is 26.0. The SMILES string of the molecule is N[C@H]1CCCCCC[C@H]1Oc1ccccc1Cl. The molecule has 0 heterocycles. The largest absolute Gasteiger partial charge is 0.487 e. The summed E-state index contributed by atoms with van der Waals surface area (Å²) in [5, 5.41) is 0.668. The second-order valence-corrected chi connectivity index (χ2v) is 5.15. The third-order valence-corrected chi connectivity index (χ3v) is 3.68. The quantitative estimate of drug-likeness (QED) is 0.871. The van der Waals surface area contributed by atoms with Gasteiger partial charge in [0.15, 0.2) is 0 Å². The zero-order valence-electron chi connectivity index (χ0n) is 10.1. The minimum atomic E-state index is 0.107. The van der Waals surface area contributed by atoms with E-state index >= 15 is 0 Å². The monoisotopic (exact) mass is 253 g/mol. The standard InChI is InChI=1S/C14H20ClNO/c15-11-7-5-6-9-13(11)17-14-10-4-2-1-3-8-12(14)16/h5-7,9,12,14H,1-4,8,10,16H2/t12-,14+/m0/s1. The molecule has 2 N–H and O–H groups in total. The predicted octanol–water partition coefficient (Wildman–Crippen LogP) is 3.77. The molecule has 0 aromatic heterocycles. The van der Waals surface area contributed by atoms with Crippen molar-refractivity contribution in [3.63, 3.8) is 0 Å². The number of ether oxygens (including phenoxy) is 1. The molecule has 1 aliphatic carbocycles. The lowest BCUT2D eigenvalue weighted by molar-refractivity contribution is 0.145. The molecule has 0 unspecified atom stereocenters. The van der Waals surface area contributed by atoms with E-state index < -0.39 is 0 Å². The molecule has 0 saturated heterocycles. The van der Waals surface area contributed by atoms with Gasteiger partial charge in [-0.3, -0.25) is 0 Å². The van der Waals surface area contributed by atoms with Crippen LogP contribution in [0.2, 0.25) is 5.02 Å². The van der Waals surface area contributed by atoms with E-state index in [0.717, 1.165) is 18.6 Å². The smallest absolute Gasteiger partial charge is 0.138 e. The summed E-state index contributed by atoms with van der Waals surface area (Å²) in [5.41, 5.74) is 6.18. The van der Waals surface area contributed by atoms with E-state index in [1.807, 2.05) is 24.3 Å². The Morgan fingerprint density at radius 2 is 1.76 bits per heavy atom. The molecule has 0 bridgehead atoms. The highest BCUT2D eigenvalue weighted by Crippen LogP contribution is 2.27. The number of para-hydroxylation sites is 1. The van der Waals surface area contributed by atoms with Crippen molar-refractivity contribution in [3.05, 3.63) is 29.3 Å². The fraction of sp³-hybridized carbons (Fsp3) is 0.571. The first-order chi connectivity index (χ1) is 8.27. The van der Waals surface area contributed by atoms with Crippen molar-refractivity contribution < 1.29 is 4.74 Å². The minimum absolute atomic E-state index is 0.107. The average Bonchev–Trinajstić information content (AvgIpc) is 2.31. The van der Waals surface area contributed by atoms with Gasteiger partial charge in [-0.05, 0) is 31.4 Å². The van der Waals surface area contributed by atoms with Gasteiger partial charge in [0.1, 0.15) is 11.9 Å². The van der Waals surface area contributed by atoms with Gasteiger partial charge >= 0.3 is 0 Å². The van der Waals surface area contributed by atoms with Crippen LogP contribution in [0, 0.1) is 0 Å². The second-order valence-electron chi connectivity index (χ2n) is 4.74. The predicted molar refractivity (Wildman–Crippen MR) is 71.5 cm³/mol.